The predicted molar refractivity (Wildman–Crippen MR) is 70.1 cm³/mol. The van der Waals surface area contributed by atoms with Crippen molar-refractivity contribution in [3.05, 3.63) is 58.1 Å². The number of nitro benzene ring substituents is 1. The number of nitrogens with zero attached hydrogens (tertiary/aromatic N) is 1. The van der Waals surface area contributed by atoms with E-state index in [1.165, 1.54) is 17.8 Å². The number of aromatic hydroxyl groups is 1. The highest BCUT2D eigenvalue weighted by Gasteiger charge is 2.14. The van der Waals surface area contributed by atoms with Gasteiger partial charge in [-0.3, -0.25) is 10.1 Å². The minimum absolute atomic E-state index is 0.0926. The molecule has 0 radical (unpaired) electrons. The molecule has 0 heterocycles. The minimum Gasteiger partial charge on any atom is -0.508 e. The molecule has 0 atom stereocenters. The summed E-state index contributed by atoms with van der Waals surface area (Å²) in [4.78, 5) is 12.0. The Bertz CT molecular complexity index is 599. The molecule has 2 rings (SSSR count). The Morgan fingerprint density at radius 2 is 1.89 bits per heavy atom. The molecule has 2 aromatic rings. The number of aryl methyl sites for hydroxylation is 1. The van der Waals surface area contributed by atoms with Crippen molar-refractivity contribution in [2.75, 3.05) is 0 Å². The molecule has 0 bridgehead atoms. The molecule has 0 unspecified atom stereocenters. The number of phenols is 1. The minimum atomic E-state index is -0.391. The van der Waals surface area contributed by atoms with E-state index in [0.717, 1.165) is 10.5 Å². The zero-order chi connectivity index (χ0) is 13.1. The summed E-state index contributed by atoms with van der Waals surface area (Å²) >= 11 is 1.33. The molecule has 1 N–H and O–H groups in total. The predicted octanol–water partition coefficient (Wildman–Crippen LogP) is 3.76. The van der Waals surface area contributed by atoms with Gasteiger partial charge in [0.15, 0.2) is 0 Å². The molecular formula is C13H11NO3S. The lowest BCUT2D eigenvalue weighted by Gasteiger charge is -2.06. The molecule has 2 aromatic carbocycles. The van der Waals surface area contributed by atoms with Crippen LogP contribution in [0.25, 0.3) is 0 Å². The van der Waals surface area contributed by atoms with Gasteiger partial charge in [0.25, 0.3) is 5.69 Å². The Morgan fingerprint density at radius 3 is 2.56 bits per heavy atom. The van der Waals surface area contributed by atoms with Gasteiger partial charge in [-0.15, -0.1) is 0 Å². The molecule has 92 valence electrons. The highest BCUT2D eigenvalue weighted by atomic mass is 32.2. The van der Waals surface area contributed by atoms with E-state index in [1.807, 2.05) is 6.92 Å². The van der Waals surface area contributed by atoms with Crippen LogP contribution in [-0.2, 0) is 0 Å². The van der Waals surface area contributed by atoms with Gasteiger partial charge < -0.3 is 5.11 Å². The lowest BCUT2D eigenvalue weighted by atomic mass is 10.2. The summed E-state index contributed by atoms with van der Waals surface area (Å²) < 4.78 is 0. The lowest BCUT2D eigenvalue weighted by molar-refractivity contribution is -0.387. The highest BCUT2D eigenvalue weighted by molar-refractivity contribution is 7.99. The third-order valence-corrected chi connectivity index (χ3v) is 3.68. The summed E-state index contributed by atoms with van der Waals surface area (Å²) in [5.74, 6) is 0.194. The molecule has 0 amide bonds. The average Bonchev–Trinajstić information content (AvgIpc) is 2.33. The van der Waals surface area contributed by atoms with Crippen LogP contribution in [0.3, 0.4) is 0 Å². The lowest BCUT2D eigenvalue weighted by Crippen LogP contribution is -1.90. The Hall–Kier alpha value is -2.01. The topological polar surface area (TPSA) is 63.4 Å². The van der Waals surface area contributed by atoms with E-state index >= 15 is 0 Å². The Labute approximate surface area is 108 Å². The monoisotopic (exact) mass is 261 g/mol. The second-order valence-electron chi connectivity index (χ2n) is 3.78. The van der Waals surface area contributed by atoms with Gasteiger partial charge in [0, 0.05) is 11.0 Å². The van der Waals surface area contributed by atoms with E-state index < -0.39 is 4.92 Å². The van der Waals surface area contributed by atoms with Crippen molar-refractivity contribution in [3.63, 3.8) is 0 Å². The first kappa shape index (κ1) is 12.4. The van der Waals surface area contributed by atoms with Gasteiger partial charge in [-0.1, -0.05) is 23.9 Å². The molecular weight excluding hydrogens is 250 g/mol. The van der Waals surface area contributed by atoms with E-state index in [-0.39, 0.29) is 11.4 Å². The number of phenolic OH excluding ortho intramolecular Hbond substituents is 1. The summed E-state index contributed by atoms with van der Waals surface area (Å²) in [6.45, 7) is 1.86. The van der Waals surface area contributed by atoms with Crippen LogP contribution in [0.15, 0.2) is 52.3 Å². The van der Waals surface area contributed by atoms with Gasteiger partial charge in [0.1, 0.15) is 5.75 Å². The van der Waals surface area contributed by atoms with E-state index in [9.17, 15) is 15.2 Å². The fourth-order valence-electron chi connectivity index (χ4n) is 1.56. The zero-order valence-electron chi connectivity index (χ0n) is 9.66. The summed E-state index contributed by atoms with van der Waals surface area (Å²) in [6.07, 6.45) is 0. The second kappa shape index (κ2) is 5.10. The molecule has 0 fully saturated rings. The summed E-state index contributed by atoms with van der Waals surface area (Å²) in [5, 5.41) is 20.2. The van der Waals surface area contributed by atoms with Gasteiger partial charge in [-0.05, 0) is 36.8 Å². The SMILES string of the molecule is Cc1cc(O)ccc1Sc1ccccc1[N+](=O)[O-]. The standard InChI is InChI=1S/C13H11NO3S/c1-9-8-10(15)6-7-12(9)18-13-5-3-2-4-11(13)14(16)17/h2-8,15H,1H3. The number of nitro groups is 1. The van der Waals surface area contributed by atoms with Crippen molar-refractivity contribution in [1.29, 1.82) is 0 Å². The first-order chi connectivity index (χ1) is 8.58. The van der Waals surface area contributed by atoms with Crippen LogP contribution >= 0.6 is 11.8 Å². The van der Waals surface area contributed by atoms with Gasteiger partial charge in [0.2, 0.25) is 0 Å². The number of para-hydroxylation sites is 1. The van der Waals surface area contributed by atoms with Crippen LogP contribution in [0.2, 0.25) is 0 Å². The van der Waals surface area contributed by atoms with Gasteiger partial charge >= 0.3 is 0 Å². The molecule has 4 nitrogen and oxygen atoms in total. The van der Waals surface area contributed by atoms with E-state index in [2.05, 4.69) is 0 Å². The number of hydrogen-bond donors (Lipinski definition) is 1. The largest absolute Gasteiger partial charge is 0.508 e. The maximum Gasteiger partial charge on any atom is 0.283 e. The molecule has 0 aliphatic rings. The fourth-order valence-corrected chi connectivity index (χ4v) is 2.55. The van der Waals surface area contributed by atoms with Crippen molar-refractivity contribution in [2.24, 2.45) is 0 Å². The first-order valence-corrected chi connectivity index (χ1v) is 6.10. The summed E-state index contributed by atoms with van der Waals surface area (Å²) in [7, 11) is 0. The van der Waals surface area contributed by atoms with Crippen LogP contribution in [0, 0.1) is 17.0 Å². The molecule has 0 aromatic heterocycles. The molecule has 5 heteroatoms. The molecule has 0 saturated carbocycles. The van der Waals surface area contributed by atoms with Crippen molar-refractivity contribution in [1.82, 2.24) is 0 Å². The van der Waals surface area contributed by atoms with Crippen molar-refractivity contribution >= 4 is 17.4 Å². The fraction of sp³-hybridized carbons (Fsp3) is 0.0769. The third kappa shape index (κ3) is 2.62. The molecule has 0 spiro atoms. The molecule has 18 heavy (non-hydrogen) atoms. The van der Waals surface area contributed by atoms with Crippen molar-refractivity contribution in [2.45, 2.75) is 16.7 Å². The van der Waals surface area contributed by atoms with Gasteiger partial charge in [0.05, 0.1) is 9.82 Å². The van der Waals surface area contributed by atoms with Crippen LogP contribution in [0.4, 0.5) is 5.69 Å². The van der Waals surface area contributed by atoms with E-state index in [1.54, 1.807) is 36.4 Å². The van der Waals surface area contributed by atoms with Gasteiger partial charge in [-0.25, -0.2) is 0 Å². The van der Waals surface area contributed by atoms with Crippen LogP contribution in [0.1, 0.15) is 5.56 Å². The van der Waals surface area contributed by atoms with Gasteiger partial charge in [-0.2, -0.15) is 0 Å². The zero-order valence-corrected chi connectivity index (χ0v) is 10.5. The van der Waals surface area contributed by atoms with Crippen LogP contribution in [-0.4, -0.2) is 10.0 Å². The van der Waals surface area contributed by atoms with Crippen LogP contribution < -0.4 is 0 Å². The molecule has 0 saturated heterocycles. The average molecular weight is 261 g/mol. The first-order valence-electron chi connectivity index (χ1n) is 5.29. The van der Waals surface area contributed by atoms with E-state index in [0.29, 0.717) is 4.90 Å². The van der Waals surface area contributed by atoms with Crippen molar-refractivity contribution < 1.29 is 10.0 Å². The molecule has 0 aliphatic carbocycles. The third-order valence-electron chi connectivity index (χ3n) is 2.44. The quantitative estimate of drug-likeness (QED) is 0.675. The molecule has 0 aliphatic heterocycles. The highest BCUT2D eigenvalue weighted by Crippen LogP contribution is 2.36. The number of benzene rings is 2. The normalized spacial score (nSPS) is 10.3. The Morgan fingerprint density at radius 1 is 1.17 bits per heavy atom. The number of hydrogen-bond acceptors (Lipinski definition) is 4. The summed E-state index contributed by atoms with van der Waals surface area (Å²) in [5.41, 5.74) is 0.980. The number of rotatable bonds is 3. The maximum absolute atomic E-state index is 10.9. The van der Waals surface area contributed by atoms with E-state index in [4.69, 9.17) is 0 Å². The van der Waals surface area contributed by atoms with Crippen LogP contribution in [0.5, 0.6) is 5.75 Å². The second-order valence-corrected chi connectivity index (χ2v) is 4.86. The Balaban J connectivity index is 2.37. The van der Waals surface area contributed by atoms with Crippen molar-refractivity contribution in [3.8, 4) is 5.75 Å². The smallest absolute Gasteiger partial charge is 0.283 e. The Kier molecular flexibility index (Phi) is 3.53. The summed E-state index contributed by atoms with van der Waals surface area (Å²) in [6, 6.07) is 11.6. The maximum atomic E-state index is 10.9.